The smallest absolute Gasteiger partial charge is 0.459 e. The van der Waals surface area contributed by atoms with Crippen LogP contribution in [0.2, 0.25) is 0 Å². The van der Waals surface area contributed by atoms with Crippen molar-refractivity contribution in [3.05, 3.63) is 12.7 Å². The van der Waals surface area contributed by atoms with Crippen LogP contribution in [0.25, 0.3) is 0 Å². The van der Waals surface area contributed by atoms with Gasteiger partial charge in [0.25, 0.3) is 0 Å². The third kappa shape index (κ3) is 6.45. The molecule has 0 saturated heterocycles. The van der Waals surface area contributed by atoms with Crippen molar-refractivity contribution in [1.29, 1.82) is 0 Å². The van der Waals surface area contributed by atoms with E-state index >= 15 is 0 Å². The second-order valence-electron chi connectivity index (χ2n) is 2.31. The first-order chi connectivity index (χ1) is 7.79. The molecular weight excluding hydrogens is 266 g/mol. The third-order valence-corrected chi connectivity index (χ3v) is 1.92. The summed E-state index contributed by atoms with van der Waals surface area (Å²) in [6.07, 6.45) is -0.987. The topological polar surface area (TPSA) is 96.0 Å². The van der Waals surface area contributed by atoms with Gasteiger partial charge < -0.3 is 13.7 Å². The summed E-state index contributed by atoms with van der Waals surface area (Å²) in [6, 6.07) is 0. The number of carbonyl (C=O) groups is 2. The monoisotopic (exact) mass is 274 g/mol. The van der Waals surface area contributed by atoms with Gasteiger partial charge in [0.15, 0.2) is 0 Å². The van der Waals surface area contributed by atoms with E-state index in [1.807, 2.05) is 0 Å². The second kappa shape index (κ2) is 6.78. The van der Waals surface area contributed by atoms with Crippen molar-refractivity contribution in [1.82, 2.24) is 0 Å². The van der Waals surface area contributed by atoms with Crippen LogP contribution in [-0.4, -0.2) is 39.5 Å². The molecule has 0 aromatic heterocycles. The van der Waals surface area contributed by atoms with Gasteiger partial charge in [0, 0.05) is 6.08 Å². The fourth-order valence-corrected chi connectivity index (χ4v) is 0.792. The van der Waals surface area contributed by atoms with Gasteiger partial charge in [0.05, 0.1) is 0 Å². The molecule has 0 aliphatic rings. The molecule has 0 saturated carbocycles. The molecule has 0 aliphatic carbocycles. The largest absolute Gasteiger partial charge is 0.524 e. The maximum absolute atomic E-state index is 11.7. The van der Waals surface area contributed by atoms with E-state index in [-0.39, 0.29) is 0 Å². The number of hydrogen-bond donors (Lipinski definition) is 0. The van der Waals surface area contributed by atoms with Gasteiger partial charge in [0.1, 0.15) is 13.2 Å². The molecule has 0 aromatic carbocycles. The molecule has 0 aromatic rings. The molecule has 0 unspecified atom stereocenters. The van der Waals surface area contributed by atoms with Gasteiger partial charge in [-0.2, -0.15) is 17.2 Å². The van der Waals surface area contributed by atoms with Crippen LogP contribution in [0.4, 0.5) is 13.6 Å². The highest BCUT2D eigenvalue weighted by Gasteiger charge is 2.29. The van der Waals surface area contributed by atoms with E-state index in [1.54, 1.807) is 0 Å². The van der Waals surface area contributed by atoms with Gasteiger partial charge in [0.2, 0.25) is 0 Å². The Hall–Kier alpha value is -1.71. The van der Waals surface area contributed by atoms with Crippen LogP contribution in [0.3, 0.4) is 0 Å². The van der Waals surface area contributed by atoms with E-state index in [9.17, 15) is 26.8 Å². The lowest BCUT2D eigenvalue weighted by atomic mass is 10.6. The molecule has 10 heteroatoms. The molecule has 0 amide bonds. The molecular formula is C7H8F2O7S. The number of ether oxygens (including phenoxy) is 2. The standard InChI is InChI=1S/C7H8F2O7S/c1-2-5(10)14-3-4-15-7(11)16-17(12,13)6(8)9/h2,6H,1,3-4H2. The van der Waals surface area contributed by atoms with Gasteiger partial charge >= 0.3 is 28.0 Å². The quantitative estimate of drug-likeness (QED) is 0.300. The summed E-state index contributed by atoms with van der Waals surface area (Å²) in [6.45, 7) is 2.13. The van der Waals surface area contributed by atoms with E-state index in [1.165, 1.54) is 0 Å². The first kappa shape index (κ1) is 15.3. The Kier molecular flexibility index (Phi) is 6.10. The SMILES string of the molecule is C=CC(=O)OCCOC(=O)OS(=O)(=O)C(F)F. The molecule has 98 valence electrons. The molecule has 0 bridgehead atoms. The minimum Gasteiger partial charge on any atom is -0.459 e. The lowest BCUT2D eigenvalue weighted by Crippen LogP contribution is -2.21. The Morgan fingerprint density at radius 3 is 2.24 bits per heavy atom. The molecule has 7 nitrogen and oxygen atoms in total. The maximum atomic E-state index is 11.7. The van der Waals surface area contributed by atoms with Crippen LogP contribution in [0.15, 0.2) is 12.7 Å². The van der Waals surface area contributed by atoms with Crippen LogP contribution in [0, 0.1) is 0 Å². The van der Waals surface area contributed by atoms with Crippen LogP contribution in [0.1, 0.15) is 0 Å². The summed E-state index contributed by atoms with van der Waals surface area (Å²) in [7, 11) is -5.29. The Labute approximate surface area is 95.1 Å². The summed E-state index contributed by atoms with van der Waals surface area (Å²) < 4.78 is 55.8. The van der Waals surface area contributed by atoms with Gasteiger partial charge in [-0.15, -0.1) is 0 Å². The van der Waals surface area contributed by atoms with Crippen molar-refractivity contribution in [2.24, 2.45) is 0 Å². The molecule has 0 radical (unpaired) electrons. The Morgan fingerprint density at radius 1 is 1.24 bits per heavy atom. The van der Waals surface area contributed by atoms with Crippen molar-refractivity contribution in [3.63, 3.8) is 0 Å². The molecule has 0 heterocycles. The van der Waals surface area contributed by atoms with Crippen LogP contribution >= 0.6 is 0 Å². The summed E-state index contributed by atoms with van der Waals surface area (Å²) in [5.41, 5.74) is 0. The van der Waals surface area contributed by atoms with Crippen LogP contribution in [0.5, 0.6) is 0 Å². The van der Waals surface area contributed by atoms with Gasteiger partial charge in [-0.25, -0.2) is 9.59 Å². The van der Waals surface area contributed by atoms with E-state index in [0.717, 1.165) is 6.08 Å². The summed E-state index contributed by atoms with van der Waals surface area (Å²) in [4.78, 5) is 21.0. The highest BCUT2D eigenvalue weighted by molar-refractivity contribution is 7.87. The van der Waals surface area contributed by atoms with Crippen molar-refractivity contribution in [3.8, 4) is 0 Å². The minimum atomic E-state index is -5.29. The Bertz CT molecular complexity index is 389. The number of alkyl halides is 2. The predicted molar refractivity (Wildman–Crippen MR) is 48.5 cm³/mol. The minimum absolute atomic E-state index is 0.394. The molecule has 0 spiro atoms. The summed E-state index contributed by atoms with van der Waals surface area (Å²) in [5, 5.41) is 0. The zero-order valence-corrected chi connectivity index (χ0v) is 9.11. The molecule has 0 atom stereocenters. The molecule has 0 aliphatic heterocycles. The maximum Gasteiger partial charge on any atom is 0.524 e. The summed E-state index contributed by atoms with van der Waals surface area (Å²) in [5.74, 6) is -4.64. The molecule has 0 rings (SSSR count). The van der Waals surface area contributed by atoms with Crippen molar-refractivity contribution >= 4 is 22.2 Å². The average Bonchev–Trinajstić information content (AvgIpc) is 2.23. The highest BCUT2D eigenvalue weighted by atomic mass is 32.2. The zero-order valence-electron chi connectivity index (χ0n) is 8.30. The van der Waals surface area contributed by atoms with Gasteiger partial charge in [-0.1, -0.05) is 6.58 Å². The second-order valence-corrected chi connectivity index (χ2v) is 3.82. The Morgan fingerprint density at radius 2 is 1.76 bits per heavy atom. The van der Waals surface area contributed by atoms with E-state index < -0.39 is 41.2 Å². The Balaban J connectivity index is 3.90. The van der Waals surface area contributed by atoms with Crippen LogP contribution in [-0.2, 0) is 28.6 Å². The number of halogens is 2. The molecule has 17 heavy (non-hydrogen) atoms. The number of hydrogen-bond acceptors (Lipinski definition) is 7. The number of carbonyl (C=O) groups excluding carboxylic acids is 2. The third-order valence-electron chi connectivity index (χ3n) is 1.12. The van der Waals surface area contributed by atoms with Crippen molar-refractivity contribution in [2.45, 2.75) is 5.76 Å². The van der Waals surface area contributed by atoms with Crippen molar-refractivity contribution in [2.75, 3.05) is 13.2 Å². The van der Waals surface area contributed by atoms with Gasteiger partial charge in [-0.05, 0) is 0 Å². The first-order valence-electron chi connectivity index (χ1n) is 3.97. The summed E-state index contributed by atoms with van der Waals surface area (Å²) >= 11 is 0. The first-order valence-corrected chi connectivity index (χ1v) is 5.44. The predicted octanol–water partition coefficient (Wildman–Crippen LogP) is 0.421. The van der Waals surface area contributed by atoms with Gasteiger partial charge in [-0.3, -0.25) is 0 Å². The lowest BCUT2D eigenvalue weighted by Gasteiger charge is -2.05. The number of esters is 1. The van der Waals surface area contributed by atoms with E-state index in [2.05, 4.69) is 20.2 Å². The zero-order chi connectivity index (χ0) is 13.5. The fraction of sp³-hybridized carbons (Fsp3) is 0.429. The fourth-order valence-electron chi connectivity index (χ4n) is 0.481. The van der Waals surface area contributed by atoms with E-state index in [0.29, 0.717) is 0 Å². The molecule has 0 fully saturated rings. The van der Waals surface area contributed by atoms with Crippen molar-refractivity contribution < 1.29 is 40.4 Å². The lowest BCUT2D eigenvalue weighted by molar-refractivity contribution is -0.138. The highest BCUT2D eigenvalue weighted by Crippen LogP contribution is 2.07. The van der Waals surface area contributed by atoms with Crippen LogP contribution < -0.4 is 0 Å². The molecule has 0 N–H and O–H groups in total. The normalized spacial score (nSPS) is 10.8. The van der Waals surface area contributed by atoms with E-state index in [4.69, 9.17) is 0 Å². The number of rotatable bonds is 6. The average molecular weight is 274 g/mol.